The number of hydrogen-bond acceptors (Lipinski definition) is 6. The Morgan fingerprint density at radius 1 is 1.12 bits per heavy atom. The van der Waals surface area contributed by atoms with E-state index in [-0.39, 0.29) is 11.8 Å². The molecule has 0 atom stereocenters. The number of nitrogens with zero attached hydrogens (tertiary/aromatic N) is 1. The van der Waals surface area contributed by atoms with E-state index < -0.39 is 0 Å². The fourth-order valence-electron chi connectivity index (χ4n) is 3.71. The smallest absolute Gasteiger partial charge is 0.259 e. The number of ether oxygens (including phenoxy) is 2. The highest BCUT2D eigenvalue weighted by atomic mass is 32.1. The molecule has 0 saturated heterocycles. The van der Waals surface area contributed by atoms with Crippen molar-refractivity contribution in [2.45, 2.75) is 13.5 Å². The zero-order valence-corrected chi connectivity index (χ0v) is 19.4. The highest BCUT2D eigenvalue weighted by Crippen LogP contribution is 2.36. The van der Waals surface area contributed by atoms with E-state index in [1.54, 1.807) is 55.8 Å². The van der Waals surface area contributed by atoms with Gasteiger partial charge < -0.3 is 20.1 Å². The van der Waals surface area contributed by atoms with Crippen LogP contribution in [0.15, 0.2) is 66.9 Å². The molecule has 0 unspecified atom stereocenters. The number of methoxy groups -OCH3 is 1. The molecule has 0 radical (unpaired) electrons. The molecule has 0 fully saturated rings. The number of hydrogen-bond donors (Lipinski definition) is 2. The summed E-state index contributed by atoms with van der Waals surface area (Å²) in [5.41, 5.74) is 3.35. The Morgan fingerprint density at radius 3 is 2.79 bits per heavy atom. The molecule has 2 heterocycles. The molecule has 2 amide bonds. The third-order valence-electron chi connectivity index (χ3n) is 5.46. The molecule has 4 aromatic rings. The molecule has 34 heavy (non-hydrogen) atoms. The zero-order valence-electron chi connectivity index (χ0n) is 18.5. The molecule has 3 aromatic carbocycles. The predicted octanol–water partition coefficient (Wildman–Crippen LogP) is 5.42. The van der Waals surface area contributed by atoms with E-state index >= 15 is 0 Å². The van der Waals surface area contributed by atoms with Crippen molar-refractivity contribution in [1.82, 2.24) is 10.3 Å². The number of rotatable bonds is 5. The fraction of sp³-hybridized carbons (Fsp3) is 0.115. The van der Waals surface area contributed by atoms with Crippen molar-refractivity contribution in [3.8, 4) is 27.8 Å². The maximum atomic E-state index is 12.8. The van der Waals surface area contributed by atoms with Gasteiger partial charge in [-0.15, -0.1) is 11.3 Å². The quantitative estimate of drug-likeness (QED) is 0.406. The van der Waals surface area contributed by atoms with Gasteiger partial charge >= 0.3 is 0 Å². The zero-order chi connectivity index (χ0) is 23.7. The summed E-state index contributed by atoms with van der Waals surface area (Å²) in [4.78, 5) is 30.7. The minimum atomic E-state index is -0.280. The van der Waals surface area contributed by atoms with Gasteiger partial charge in [-0.05, 0) is 61.0 Å². The number of carbonyl (C=O) groups excluding carboxylic acids is 2. The Morgan fingerprint density at radius 2 is 1.97 bits per heavy atom. The number of aryl methyl sites for hydroxylation is 1. The number of benzene rings is 3. The first-order chi connectivity index (χ1) is 16.5. The van der Waals surface area contributed by atoms with Gasteiger partial charge in [0.05, 0.1) is 24.9 Å². The normalized spacial score (nSPS) is 12.0. The second-order valence-electron chi connectivity index (χ2n) is 7.76. The maximum Gasteiger partial charge on any atom is 0.259 e. The average molecular weight is 472 g/mol. The summed E-state index contributed by atoms with van der Waals surface area (Å²) in [6.07, 6.45) is 1.77. The van der Waals surface area contributed by atoms with Crippen LogP contribution in [0.4, 0.5) is 5.69 Å². The lowest BCUT2D eigenvalue weighted by atomic mass is 10.1. The molecule has 2 N–H and O–H groups in total. The molecule has 8 heteroatoms. The molecular formula is C26H21N3O4S. The topological polar surface area (TPSA) is 89.5 Å². The van der Waals surface area contributed by atoms with Crippen LogP contribution in [0.25, 0.3) is 10.6 Å². The minimum Gasteiger partial charge on any atom is -0.496 e. The highest BCUT2D eigenvalue weighted by Gasteiger charge is 2.21. The van der Waals surface area contributed by atoms with Crippen LogP contribution in [-0.4, -0.2) is 23.9 Å². The van der Waals surface area contributed by atoms with Crippen LogP contribution < -0.4 is 20.1 Å². The number of aromatic nitrogens is 1. The Kier molecular flexibility index (Phi) is 5.73. The lowest BCUT2D eigenvalue weighted by molar-refractivity contribution is 0.0950. The molecule has 0 saturated carbocycles. The Bertz CT molecular complexity index is 1410. The van der Waals surface area contributed by atoms with E-state index in [9.17, 15) is 9.59 Å². The molecule has 0 aliphatic carbocycles. The van der Waals surface area contributed by atoms with Gasteiger partial charge in [-0.25, -0.2) is 4.98 Å². The van der Waals surface area contributed by atoms with E-state index in [0.717, 1.165) is 26.8 Å². The molecule has 1 aliphatic heterocycles. The summed E-state index contributed by atoms with van der Waals surface area (Å²) in [6.45, 7) is 2.33. The van der Waals surface area contributed by atoms with E-state index in [1.807, 2.05) is 25.1 Å². The standard InChI is InChI=1S/C26H21N3O4S/c1-15-11-17(8-9-21(15)32-2)26-28-14-18(34-26)13-27-24(30)16-7-10-23-20(12-16)29-25(31)19-5-3-4-6-22(19)33-23/h3-12,14H,13H2,1-2H3,(H,27,30)(H,29,31). The van der Waals surface area contributed by atoms with Crippen LogP contribution in [0.3, 0.4) is 0 Å². The van der Waals surface area contributed by atoms with Gasteiger partial charge in [-0.1, -0.05) is 12.1 Å². The lowest BCUT2D eigenvalue weighted by Gasteiger charge is -2.10. The second-order valence-corrected chi connectivity index (χ2v) is 8.88. The molecule has 7 nitrogen and oxygen atoms in total. The van der Waals surface area contributed by atoms with Crippen LogP contribution in [0.1, 0.15) is 31.2 Å². The Hall–Kier alpha value is -4.17. The molecule has 0 spiro atoms. The Balaban J connectivity index is 1.28. The summed E-state index contributed by atoms with van der Waals surface area (Å²) < 4.78 is 11.2. The molecule has 1 aliphatic rings. The van der Waals surface area contributed by atoms with Gasteiger partial charge in [-0.2, -0.15) is 0 Å². The molecule has 5 rings (SSSR count). The summed E-state index contributed by atoms with van der Waals surface area (Å²) in [6, 6.07) is 17.9. The lowest BCUT2D eigenvalue weighted by Crippen LogP contribution is -2.22. The number of thiazole rings is 1. The first kappa shape index (κ1) is 21.7. The van der Waals surface area contributed by atoms with Crippen molar-refractivity contribution in [2.24, 2.45) is 0 Å². The van der Waals surface area contributed by atoms with Crippen molar-refractivity contribution < 1.29 is 19.1 Å². The van der Waals surface area contributed by atoms with Crippen molar-refractivity contribution in [1.29, 1.82) is 0 Å². The van der Waals surface area contributed by atoms with Gasteiger partial charge in [0.15, 0.2) is 5.75 Å². The number of fused-ring (bicyclic) bond motifs is 2. The number of carbonyl (C=O) groups is 2. The molecule has 170 valence electrons. The SMILES string of the molecule is COc1ccc(-c2ncc(CNC(=O)c3ccc4c(c3)NC(=O)c3ccccc3O4)s2)cc1C. The Labute approximate surface area is 200 Å². The van der Waals surface area contributed by atoms with Gasteiger partial charge in [0.2, 0.25) is 0 Å². The van der Waals surface area contributed by atoms with Crippen molar-refractivity contribution in [3.63, 3.8) is 0 Å². The molecular weight excluding hydrogens is 450 g/mol. The third kappa shape index (κ3) is 4.23. The van der Waals surface area contributed by atoms with Gasteiger partial charge in [0, 0.05) is 22.2 Å². The van der Waals surface area contributed by atoms with E-state index in [0.29, 0.717) is 34.9 Å². The number of para-hydroxylation sites is 1. The minimum absolute atomic E-state index is 0.256. The average Bonchev–Trinajstić information content (AvgIpc) is 3.27. The largest absolute Gasteiger partial charge is 0.496 e. The van der Waals surface area contributed by atoms with Crippen molar-refractivity contribution >= 4 is 28.8 Å². The van der Waals surface area contributed by atoms with Gasteiger partial charge in [0.25, 0.3) is 11.8 Å². The first-order valence-electron chi connectivity index (χ1n) is 10.6. The number of amides is 2. The number of nitrogens with one attached hydrogen (secondary N) is 2. The van der Waals surface area contributed by atoms with Crippen LogP contribution in [0.5, 0.6) is 17.2 Å². The maximum absolute atomic E-state index is 12.8. The van der Waals surface area contributed by atoms with Gasteiger partial charge in [-0.3, -0.25) is 9.59 Å². The predicted molar refractivity (Wildman–Crippen MR) is 131 cm³/mol. The highest BCUT2D eigenvalue weighted by molar-refractivity contribution is 7.15. The van der Waals surface area contributed by atoms with Crippen molar-refractivity contribution in [2.75, 3.05) is 12.4 Å². The van der Waals surface area contributed by atoms with Crippen LogP contribution in [0, 0.1) is 6.92 Å². The third-order valence-corrected chi connectivity index (χ3v) is 6.51. The number of anilines is 1. The monoisotopic (exact) mass is 471 g/mol. The summed E-state index contributed by atoms with van der Waals surface area (Å²) in [5.74, 6) is 1.26. The van der Waals surface area contributed by atoms with Crippen LogP contribution >= 0.6 is 11.3 Å². The second kappa shape index (κ2) is 8.99. The van der Waals surface area contributed by atoms with E-state index in [2.05, 4.69) is 15.6 Å². The van der Waals surface area contributed by atoms with Gasteiger partial charge in [0.1, 0.15) is 16.5 Å². The first-order valence-corrected chi connectivity index (χ1v) is 11.4. The summed E-state index contributed by atoms with van der Waals surface area (Å²) >= 11 is 1.52. The van der Waals surface area contributed by atoms with Crippen LogP contribution in [-0.2, 0) is 6.54 Å². The fourth-order valence-corrected chi connectivity index (χ4v) is 4.56. The molecule has 1 aromatic heterocycles. The van der Waals surface area contributed by atoms with E-state index in [4.69, 9.17) is 9.47 Å². The van der Waals surface area contributed by atoms with E-state index in [1.165, 1.54) is 11.3 Å². The van der Waals surface area contributed by atoms with Crippen LogP contribution in [0.2, 0.25) is 0 Å². The van der Waals surface area contributed by atoms with Crippen molar-refractivity contribution in [3.05, 3.63) is 88.4 Å². The summed E-state index contributed by atoms with van der Waals surface area (Å²) in [7, 11) is 1.65. The summed E-state index contributed by atoms with van der Waals surface area (Å²) in [5, 5.41) is 6.61. The molecule has 0 bridgehead atoms.